The maximum Gasteiger partial charge on any atom is 0.376 e. The summed E-state index contributed by atoms with van der Waals surface area (Å²) in [7, 11) is 3.16. The Morgan fingerprint density at radius 1 is 1.56 bits per heavy atom. The molecule has 0 atom stereocenters. The van der Waals surface area contributed by atoms with Crippen LogP contribution in [0.5, 0.6) is 0 Å². The molecule has 0 aliphatic heterocycles. The molecule has 6 nitrogen and oxygen atoms in total. The van der Waals surface area contributed by atoms with E-state index in [2.05, 4.69) is 14.7 Å². The fraction of sp³-hybridized carbons (Fsp3) is 0.417. The number of carbonyl (C=O) groups excluding carboxylic acids is 1. The molecule has 2 rings (SSSR count). The Labute approximate surface area is 105 Å². The van der Waals surface area contributed by atoms with Crippen molar-refractivity contribution in [1.82, 2.24) is 14.5 Å². The second-order valence-electron chi connectivity index (χ2n) is 3.93. The van der Waals surface area contributed by atoms with Gasteiger partial charge in [-0.25, -0.2) is 14.8 Å². The van der Waals surface area contributed by atoms with Gasteiger partial charge in [0.15, 0.2) is 0 Å². The maximum absolute atomic E-state index is 11.6. The minimum Gasteiger partial charge on any atom is -0.463 e. The number of methoxy groups -OCH3 is 1. The zero-order valence-electron chi connectivity index (χ0n) is 10.6. The Hall–Kier alpha value is -2.11. The summed E-state index contributed by atoms with van der Waals surface area (Å²) in [6.07, 6.45) is 4.84. The van der Waals surface area contributed by atoms with E-state index in [9.17, 15) is 4.79 Å². The molecule has 0 amide bonds. The van der Waals surface area contributed by atoms with E-state index in [1.165, 1.54) is 7.11 Å². The molecule has 0 bridgehead atoms. The predicted octanol–water partition coefficient (Wildman–Crippen LogP) is 1.81. The van der Waals surface area contributed by atoms with Crippen molar-refractivity contribution < 1.29 is 13.9 Å². The van der Waals surface area contributed by atoms with Gasteiger partial charge in [0.2, 0.25) is 11.7 Å². The van der Waals surface area contributed by atoms with Gasteiger partial charge in [-0.05, 0) is 6.42 Å². The van der Waals surface area contributed by atoms with Gasteiger partial charge in [-0.15, -0.1) is 0 Å². The summed E-state index contributed by atoms with van der Waals surface area (Å²) in [5, 5.41) is 0. The molecule has 0 aromatic carbocycles. The molecule has 0 radical (unpaired) electrons. The molecule has 0 unspecified atom stereocenters. The summed E-state index contributed by atoms with van der Waals surface area (Å²) in [5.74, 6) is 0.0637. The highest BCUT2D eigenvalue weighted by molar-refractivity contribution is 5.87. The standard InChI is InChI=1S/C12H15N3O3/c1-4-5-8-10(12(16)17-3)18-11(14-8)9-6-13-7-15(9)2/h6-7H,4-5H2,1-3H3. The van der Waals surface area contributed by atoms with Gasteiger partial charge < -0.3 is 13.7 Å². The molecule has 18 heavy (non-hydrogen) atoms. The average molecular weight is 249 g/mol. The lowest BCUT2D eigenvalue weighted by Gasteiger charge is -1.96. The smallest absolute Gasteiger partial charge is 0.376 e. The third kappa shape index (κ3) is 2.13. The summed E-state index contributed by atoms with van der Waals surface area (Å²) < 4.78 is 12.0. The number of aromatic nitrogens is 3. The quantitative estimate of drug-likeness (QED) is 0.773. The van der Waals surface area contributed by atoms with Gasteiger partial charge in [-0.2, -0.15) is 0 Å². The van der Waals surface area contributed by atoms with Gasteiger partial charge in [0.05, 0.1) is 25.3 Å². The monoisotopic (exact) mass is 249 g/mol. The van der Waals surface area contributed by atoms with Crippen molar-refractivity contribution in [2.24, 2.45) is 7.05 Å². The lowest BCUT2D eigenvalue weighted by molar-refractivity contribution is 0.0564. The molecule has 0 aliphatic carbocycles. The second-order valence-corrected chi connectivity index (χ2v) is 3.93. The maximum atomic E-state index is 11.6. The van der Waals surface area contributed by atoms with Gasteiger partial charge in [-0.3, -0.25) is 0 Å². The van der Waals surface area contributed by atoms with Crippen LogP contribution < -0.4 is 0 Å². The van der Waals surface area contributed by atoms with Crippen LogP contribution in [0.4, 0.5) is 0 Å². The average Bonchev–Trinajstić information content (AvgIpc) is 2.95. The number of ether oxygens (including phenoxy) is 1. The number of nitrogens with zero attached hydrogens (tertiary/aromatic N) is 3. The Morgan fingerprint density at radius 2 is 2.33 bits per heavy atom. The number of aryl methyl sites for hydroxylation is 2. The first kappa shape index (κ1) is 12.3. The van der Waals surface area contributed by atoms with Crippen molar-refractivity contribution in [3.63, 3.8) is 0 Å². The van der Waals surface area contributed by atoms with E-state index in [1.807, 2.05) is 14.0 Å². The highest BCUT2D eigenvalue weighted by Gasteiger charge is 2.22. The van der Waals surface area contributed by atoms with Gasteiger partial charge in [-0.1, -0.05) is 13.3 Å². The third-order valence-electron chi connectivity index (χ3n) is 2.59. The molecular weight excluding hydrogens is 234 g/mol. The number of hydrogen-bond acceptors (Lipinski definition) is 5. The number of rotatable bonds is 4. The first-order valence-electron chi connectivity index (χ1n) is 5.72. The summed E-state index contributed by atoms with van der Waals surface area (Å²) >= 11 is 0. The van der Waals surface area contributed by atoms with Crippen LogP contribution in [-0.4, -0.2) is 27.6 Å². The van der Waals surface area contributed by atoms with Crippen LogP contribution >= 0.6 is 0 Å². The zero-order valence-corrected chi connectivity index (χ0v) is 10.6. The highest BCUT2D eigenvalue weighted by atomic mass is 16.5. The van der Waals surface area contributed by atoms with E-state index in [4.69, 9.17) is 4.42 Å². The molecular formula is C12H15N3O3. The number of imidazole rings is 1. The van der Waals surface area contributed by atoms with Crippen LogP contribution in [0.15, 0.2) is 16.9 Å². The number of oxazole rings is 1. The number of carbonyl (C=O) groups is 1. The topological polar surface area (TPSA) is 70.2 Å². The fourth-order valence-corrected chi connectivity index (χ4v) is 1.68. The molecule has 2 aromatic heterocycles. The Kier molecular flexibility index (Phi) is 3.45. The van der Waals surface area contributed by atoms with Gasteiger partial charge in [0, 0.05) is 7.05 Å². The lowest BCUT2D eigenvalue weighted by atomic mass is 10.2. The first-order chi connectivity index (χ1) is 8.67. The molecule has 0 N–H and O–H groups in total. The summed E-state index contributed by atoms with van der Waals surface area (Å²) in [5.41, 5.74) is 1.35. The first-order valence-corrected chi connectivity index (χ1v) is 5.72. The van der Waals surface area contributed by atoms with Crippen LogP contribution in [-0.2, 0) is 18.2 Å². The zero-order chi connectivity index (χ0) is 13.1. The number of esters is 1. The fourth-order valence-electron chi connectivity index (χ4n) is 1.68. The summed E-state index contributed by atoms with van der Waals surface area (Å²) in [6.45, 7) is 2.01. The van der Waals surface area contributed by atoms with Crippen molar-refractivity contribution in [2.75, 3.05) is 7.11 Å². The van der Waals surface area contributed by atoms with E-state index < -0.39 is 5.97 Å². The van der Waals surface area contributed by atoms with E-state index in [0.717, 1.165) is 12.1 Å². The van der Waals surface area contributed by atoms with Crippen molar-refractivity contribution in [3.8, 4) is 11.6 Å². The summed E-state index contributed by atoms with van der Waals surface area (Å²) in [6, 6.07) is 0. The second kappa shape index (κ2) is 5.03. The predicted molar refractivity (Wildman–Crippen MR) is 64.0 cm³/mol. The molecule has 0 aliphatic rings. The number of hydrogen-bond donors (Lipinski definition) is 0. The largest absolute Gasteiger partial charge is 0.463 e. The van der Waals surface area contributed by atoms with Crippen molar-refractivity contribution in [3.05, 3.63) is 24.0 Å². The Bertz CT molecular complexity index is 557. The molecule has 6 heteroatoms. The SMILES string of the molecule is CCCc1nc(-c2cncn2C)oc1C(=O)OC. The van der Waals surface area contributed by atoms with Crippen LogP contribution in [0, 0.1) is 0 Å². The van der Waals surface area contributed by atoms with E-state index in [1.54, 1.807) is 17.1 Å². The van der Waals surface area contributed by atoms with Crippen LogP contribution in [0.1, 0.15) is 29.6 Å². The van der Waals surface area contributed by atoms with E-state index >= 15 is 0 Å². The van der Waals surface area contributed by atoms with Crippen molar-refractivity contribution in [2.45, 2.75) is 19.8 Å². The van der Waals surface area contributed by atoms with E-state index in [-0.39, 0.29) is 5.76 Å². The molecule has 0 spiro atoms. The van der Waals surface area contributed by atoms with Crippen LogP contribution in [0.2, 0.25) is 0 Å². The van der Waals surface area contributed by atoms with Crippen molar-refractivity contribution >= 4 is 5.97 Å². The summed E-state index contributed by atoms with van der Waals surface area (Å²) in [4.78, 5) is 19.9. The highest BCUT2D eigenvalue weighted by Crippen LogP contribution is 2.22. The minimum atomic E-state index is -0.501. The van der Waals surface area contributed by atoms with Crippen LogP contribution in [0.3, 0.4) is 0 Å². The Balaban J connectivity index is 2.45. The normalized spacial score (nSPS) is 10.6. The Morgan fingerprint density at radius 3 is 2.89 bits per heavy atom. The molecule has 0 fully saturated rings. The van der Waals surface area contributed by atoms with Crippen LogP contribution in [0.25, 0.3) is 11.6 Å². The minimum absolute atomic E-state index is 0.176. The molecule has 2 heterocycles. The van der Waals surface area contributed by atoms with E-state index in [0.29, 0.717) is 18.0 Å². The van der Waals surface area contributed by atoms with Gasteiger partial charge in [0.25, 0.3) is 0 Å². The molecule has 0 saturated heterocycles. The molecule has 2 aromatic rings. The molecule has 0 saturated carbocycles. The lowest BCUT2D eigenvalue weighted by Crippen LogP contribution is -2.03. The molecule has 96 valence electrons. The third-order valence-corrected chi connectivity index (χ3v) is 2.59. The van der Waals surface area contributed by atoms with Gasteiger partial charge in [0.1, 0.15) is 5.69 Å². The van der Waals surface area contributed by atoms with Gasteiger partial charge >= 0.3 is 5.97 Å². The van der Waals surface area contributed by atoms with Crippen molar-refractivity contribution in [1.29, 1.82) is 0 Å².